The van der Waals surface area contributed by atoms with Gasteiger partial charge in [-0.1, -0.05) is 30.2 Å². The average molecular weight is 452 g/mol. The van der Waals surface area contributed by atoms with Gasteiger partial charge in [0, 0.05) is 5.76 Å². The first-order valence-electron chi connectivity index (χ1n) is 7.62. The summed E-state index contributed by atoms with van der Waals surface area (Å²) in [6, 6.07) is 0. The van der Waals surface area contributed by atoms with Crippen LogP contribution in [0.2, 0.25) is 0 Å². The topological polar surface area (TPSA) is 112 Å². The number of hydrogen-bond donors (Lipinski definition) is 0. The monoisotopic (exact) mass is 452 g/mol. The van der Waals surface area contributed by atoms with Crippen molar-refractivity contribution in [3.8, 4) is 0 Å². The third-order valence-corrected chi connectivity index (χ3v) is 4.24. The van der Waals surface area contributed by atoms with E-state index in [9.17, 15) is 0 Å². The van der Waals surface area contributed by atoms with E-state index in [1.54, 1.807) is 7.11 Å². The van der Waals surface area contributed by atoms with Crippen LogP contribution in [0.25, 0.3) is 0 Å². The van der Waals surface area contributed by atoms with E-state index < -0.39 is 21.2 Å². The van der Waals surface area contributed by atoms with E-state index in [1.807, 2.05) is 6.08 Å². The summed E-state index contributed by atoms with van der Waals surface area (Å²) in [5.74, 6) is 1.64. The molecule has 29 heavy (non-hydrogen) atoms. The zero-order valence-electron chi connectivity index (χ0n) is 16.3. The second-order valence-electron chi connectivity index (χ2n) is 5.66. The summed E-state index contributed by atoms with van der Waals surface area (Å²) >= 11 is 0. The number of rotatable bonds is 1. The van der Waals surface area contributed by atoms with Crippen LogP contribution in [0, 0.1) is 24.0 Å². The molecule has 0 amide bonds. The zero-order valence-corrected chi connectivity index (χ0v) is 21.9. The van der Waals surface area contributed by atoms with Gasteiger partial charge in [-0.05, 0) is 11.8 Å². The van der Waals surface area contributed by atoms with Crippen molar-refractivity contribution in [2.24, 2.45) is 11.8 Å². The van der Waals surface area contributed by atoms with Gasteiger partial charge in [0.05, 0.1) is 7.11 Å². The van der Waals surface area contributed by atoms with Crippen LogP contribution in [-0.4, -0.2) is 32.4 Å². The minimum absolute atomic E-state index is 0. The van der Waals surface area contributed by atoms with Crippen LogP contribution in [0.1, 0.15) is 6.92 Å². The Morgan fingerprint density at radius 2 is 1.48 bits per heavy atom. The predicted octanol–water partition coefficient (Wildman–Crippen LogP) is -4.38. The molecular weight excluding hydrogens is 438 g/mol. The van der Waals surface area contributed by atoms with E-state index in [2.05, 4.69) is 49.5 Å². The quantitative estimate of drug-likeness (QED) is 0.292. The molecule has 11 heteroatoms. The van der Waals surface area contributed by atoms with E-state index in [4.69, 9.17) is 30.0 Å². The molecule has 0 saturated heterocycles. The summed E-state index contributed by atoms with van der Waals surface area (Å²) in [4.78, 5) is 0. The molecule has 4 aliphatic rings. The van der Waals surface area contributed by atoms with Crippen LogP contribution < -0.4 is 59.1 Å². The molecule has 0 aliphatic heterocycles. The summed E-state index contributed by atoms with van der Waals surface area (Å²) in [5, 5.41) is 0. The third-order valence-electron chi connectivity index (χ3n) is 4.24. The molecule has 0 saturated carbocycles. The van der Waals surface area contributed by atoms with Crippen LogP contribution in [0.15, 0.2) is 70.1 Å². The Hall–Kier alpha value is -0.780. The summed E-state index contributed by atoms with van der Waals surface area (Å²) < 4.78 is 56.2. The minimum Gasteiger partial charge on any atom is -0.553 e. The first-order valence-corrected chi connectivity index (χ1v) is 9.62. The Morgan fingerprint density at radius 3 is 2.03 bits per heavy atom. The maximum atomic E-state index is 8.44. The molecule has 2 atom stereocenters. The van der Waals surface area contributed by atoms with Crippen molar-refractivity contribution in [2.45, 2.75) is 6.92 Å². The molecule has 0 bridgehead atoms. The van der Waals surface area contributed by atoms with E-state index in [0.717, 1.165) is 5.76 Å². The standard InChI is InChI=1S/C18H14O.2Na.2O3S/c1-11-3-4-12-5-6-13-7-10-16(19-2)15-9-8-14(11)17(12)18(13)15;;;2*1-4(2)3/h3,5-6,8-11,18H,1-2H3;;;;/q-2;2*+1;;. The van der Waals surface area contributed by atoms with Gasteiger partial charge in [0.15, 0.2) is 0 Å². The predicted molar refractivity (Wildman–Crippen MR) is 94.0 cm³/mol. The van der Waals surface area contributed by atoms with Crippen LogP contribution in [0.4, 0.5) is 0 Å². The van der Waals surface area contributed by atoms with Crippen LogP contribution >= 0.6 is 0 Å². The number of ether oxygens (including phenoxy) is 1. The first kappa shape index (κ1) is 28.2. The maximum absolute atomic E-state index is 8.44. The van der Waals surface area contributed by atoms with E-state index in [1.165, 1.54) is 27.9 Å². The van der Waals surface area contributed by atoms with Gasteiger partial charge in [-0.25, -0.2) is 17.7 Å². The molecule has 4 aliphatic carbocycles. The van der Waals surface area contributed by atoms with Crippen LogP contribution in [-0.2, 0) is 26.0 Å². The Kier molecular flexibility index (Phi) is 12.5. The van der Waals surface area contributed by atoms with Gasteiger partial charge in [-0.15, -0.1) is 43.0 Å². The van der Waals surface area contributed by atoms with Gasteiger partial charge in [0.2, 0.25) is 0 Å². The largest absolute Gasteiger partial charge is 1.00 e. The molecular formula is C18H14Na2O7S2. The molecule has 7 nitrogen and oxygen atoms in total. The molecule has 0 fully saturated rings. The number of methoxy groups -OCH3 is 1. The van der Waals surface area contributed by atoms with Gasteiger partial charge in [-0.2, -0.15) is 17.7 Å². The molecule has 0 aromatic rings. The van der Waals surface area contributed by atoms with Gasteiger partial charge < -0.3 is 4.74 Å². The number of allylic oxidation sites excluding steroid dienone is 13. The molecule has 4 rings (SSSR count). The number of hydrogen-bond acceptors (Lipinski definition) is 7. The Morgan fingerprint density at radius 1 is 0.931 bits per heavy atom. The fraction of sp³-hybridized carbons (Fsp3) is 0.222. The van der Waals surface area contributed by atoms with Crippen molar-refractivity contribution in [3.63, 3.8) is 0 Å². The van der Waals surface area contributed by atoms with Crippen molar-refractivity contribution in [3.05, 3.63) is 82.2 Å². The SMILES string of the molecule is COC1=C[C-]=C2C=CC3=C4C(=CC=C1C24)C(C)C=[C-]3.O=S(=O)=O.O=S(=O)=O.[Na+].[Na+]. The fourth-order valence-corrected chi connectivity index (χ4v) is 3.27. The maximum Gasteiger partial charge on any atom is 1.00 e. The molecule has 0 spiro atoms. The van der Waals surface area contributed by atoms with Crippen molar-refractivity contribution in [1.82, 2.24) is 0 Å². The summed E-state index contributed by atoms with van der Waals surface area (Å²) in [5.41, 5.74) is 6.48. The summed E-state index contributed by atoms with van der Waals surface area (Å²) in [6.45, 7) is 2.22. The Bertz CT molecular complexity index is 1050. The zero-order chi connectivity index (χ0) is 20.1. The van der Waals surface area contributed by atoms with Gasteiger partial charge in [0.25, 0.3) is 0 Å². The van der Waals surface area contributed by atoms with Crippen LogP contribution in [0.3, 0.4) is 0 Å². The van der Waals surface area contributed by atoms with Crippen molar-refractivity contribution in [1.29, 1.82) is 0 Å². The molecule has 0 aromatic heterocycles. The van der Waals surface area contributed by atoms with E-state index >= 15 is 0 Å². The molecule has 2 unspecified atom stereocenters. The van der Waals surface area contributed by atoms with Gasteiger partial charge >= 0.3 is 80.3 Å². The normalized spacial score (nSPS) is 21.4. The summed E-state index contributed by atoms with van der Waals surface area (Å²) in [7, 11) is -4.50. The molecule has 0 aromatic carbocycles. The molecule has 0 radical (unpaired) electrons. The fourth-order valence-electron chi connectivity index (χ4n) is 3.27. The minimum atomic E-state index is -3.11. The van der Waals surface area contributed by atoms with Crippen LogP contribution in [0.5, 0.6) is 0 Å². The Balaban J connectivity index is 0.000000683. The van der Waals surface area contributed by atoms with Crippen molar-refractivity contribution >= 4 is 21.2 Å². The summed E-state index contributed by atoms with van der Waals surface area (Å²) in [6.07, 6.45) is 19.6. The molecule has 0 N–H and O–H groups in total. The van der Waals surface area contributed by atoms with Crippen molar-refractivity contribution in [2.75, 3.05) is 7.11 Å². The molecule has 142 valence electrons. The molecule has 0 heterocycles. The second-order valence-corrected chi connectivity index (χ2v) is 6.47. The Labute approximate surface area is 216 Å². The second kappa shape index (κ2) is 12.8. The van der Waals surface area contributed by atoms with Crippen molar-refractivity contribution < 1.29 is 89.1 Å². The smallest absolute Gasteiger partial charge is 0.553 e. The average Bonchev–Trinajstić information content (AvgIpc) is 2.60. The third kappa shape index (κ3) is 7.15. The van der Waals surface area contributed by atoms with Gasteiger partial charge in [-0.3, -0.25) is 0 Å². The first-order chi connectivity index (χ1) is 12.8. The van der Waals surface area contributed by atoms with E-state index in [0.29, 0.717) is 5.92 Å². The van der Waals surface area contributed by atoms with E-state index in [-0.39, 0.29) is 65.0 Å². The van der Waals surface area contributed by atoms with Gasteiger partial charge in [0.1, 0.15) is 0 Å².